The molecule has 2 unspecified atom stereocenters. The molecule has 1 fully saturated rings. The SMILES string of the molecule is Cc1cc(CNC2CCCSC2C)cc(C)c1F. The van der Waals surface area contributed by atoms with Crippen LogP contribution >= 0.6 is 11.8 Å². The maximum Gasteiger partial charge on any atom is 0.129 e. The Balaban J connectivity index is 1.97. The second-order valence-electron chi connectivity index (χ2n) is 5.25. The van der Waals surface area contributed by atoms with E-state index in [1.54, 1.807) is 0 Å². The highest BCUT2D eigenvalue weighted by Crippen LogP contribution is 2.25. The van der Waals surface area contributed by atoms with E-state index in [0.29, 0.717) is 11.3 Å². The molecule has 1 aliphatic heterocycles. The highest BCUT2D eigenvalue weighted by molar-refractivity contribution is 7.99. The molecule has 3 heteroatoms. The lowest BCUT2D eigenvalue weighted by molar-refractivity contribution is 0.461. The minimum absolute atomic E-state index is 0.0691. The lowest BCUT2D eigenvalue weighted by Gasteiger charge is -2.29. The molecule has 0 aliphatic carbocycles. The van der Waals surface area contributed by atoms with Gasteiger partial charge in [-0.3, -0.25) is 0 Å². The van der Waals surface area contributed by atoms with Crippen LogP contribution in [0.25, 0.3) is 0 Å². The van der Waals surface area contributed by atoms with Crippen molar-refractivity contribution in [2.75, 3.05) is 5.75 Å². The number of nitrogens with one attached hydrogen (secondary N) is 1. The molecule has 100 valence electrons. The van der Waals surface area contributed by atoms with Gasteiger partial charge in [0.2, 0.25) is 0 Å². The van der Waals surface area contributed by atoms with Gasteiger partial charge < -0.3 is 5.32 Å². The Morgan fingerprint density at radius 2 is 2.00 bits per heavy atom. The van der Waals surface area contributed by atoms with E-state index in [-0.39, 0.29) is 5.82 Å². The normalized spacial score (nSPS) is 24.2. The summed E-state index contributed by atoms with van der Waals surface area (Å²) in [6.45, 7) is 6.82. The van der Waals surface area contributed by atoms with Crippen LogP contribution in [0.1, 0.15) is 36.5 Å². The van der Waals surface area contributed by atoms with Gasteiger partial charge in [0.1, 0.15) is 5.82 Å². The van der Waals surface area contributed by atoms with Crippen molar-refractivity contribution in [1.29, 1.82) is 0 Å². The summed E-state index contributed by atoms with van der Waals surface area (Å²) in [5.74, 6) is 1.22. The first-order chi connectivity index (χ1) is 8.58. The minimum Gasteiger partial charge on any atom is -0.309 e. The Morgan fingerprint density at radius 3 is 2.61 bits per heavy atom. The summed E-state index contributed by atoms with van der Waals surface area (Å²) in [7, 11) is 0. The van der Waals surface area contributed by atoms with Gasteiger partial charge in [-0.1, -0.05) is 19.1 Å². The molecule has 0 bridgehead atoms. The first-order valence-electron chi connectivity index (χ1n) is 6.68. The van der Waals surface area contributed by atoms with Crippen molar-refractivity contribution in [3.8, 4) is 0 Å². The molecule has 18 heavy (non-hydrogen) atoms. The molecule has 1 aliphatic rings. The second kappa shape index (κ2) is 6.07. The van der Waals surface area contributed by atoms with Crippen LogP contribution in [-0.2, 0) is 6.54 Å². The zero-order chi connectivity index (χ0) is 13.1. The maximum absolute atomic E-state index is 13.5. The van der Waals surface area contributed by atoms with Crippen LogP contribution in [-0.4, -0.2) is 17.0 Å². The summed E-state index contributed by atoms with van der Waals surface area (Å²) in [5.41, 5.74) is 2.69. The van der Waals surface area contributed by atoms with Gasteiger partial charge in [-0.05, 0) is 49.1 Å². The third kappa shape index (κ3) is 3.27. The molecule has 0 radical (unpaired) electrons. The highest BCUT2D eigenvalue weighted by Gasteiger charge is 2.21. The van der Waals surface area contributed by atoms with Gasteiger partial charge in [0.15, 0.2) is 0 Å². The molecular weight excluding hydrogens is 245 g/mol. The van der Waals surface area contributed by atoms with Crippen LogP contribution in [0.15, 0.2) is 12.1 Å². The van der Waals surface area contributed by atoms with E-state index < -0.39 is 0 Å². The number of hydrogen-bond donors (Lipinski definition) is 1. The van der Waals surface area contributed by atoms with E-state index in [1.807, 2.05) is 37.7 Å². The molecule has 0 aromatic heterocycles. The van der Waals surface area contributed by atoms with Crippen LogP contribution in [0, 0.1) is 19.7 Å². The molecule has 0 spiro atoms. The van der Waals surface area contributed by atoms with Gasteiger partial charge in [0.05, 0.1) is 0 Å². The van der Waals surface area contributed by atoms with E-state index in [0.717, 1.165) is 17.7 Å². The molecular formula is C15H22FNS. The van der Waals surface area contributed by atoms with E-state index >= 15 is 0 Å². The number of benzene rings is 1. The largest absolute Gasteiger partial charge is 0.309 e. The Morgan fingerprint density at radius 1 is 1.33 bits per heavy atom. The van der Waals surface area contributed by atoms with Crippen molar-refractivity contribution in [3.63, 3.8) is 0 Å². The highest BCUT2D eigenvalue weighted by atomic mass is 32.2. The topological polar surface area (TPSA) is 12.0 Å². The molecule has 2 rings (SSSR count). The molecule has 1 aromatic rings. The van der Waals surface area contributed by atoms with Gasteiger partial charge in [-0.25, -0.2) is 4.39 Å². The Bertz CT molecular complexity index is 396. The fraction of sp³-hybridized carbons (Fsp3) is 0.600. The van der Waals surface area contributed by atoms with Gasteiger partial charge >= 0.3 is 0 Å². The lowest BCUT2D eigenvalue weighted by Crippen LogP contribution is -2.38. The average molecular weight is 267 g/mol. The summed E-state index contributed by atoms with van der Waals surface area (Å²) < 4.78 is 13.5. The fourth-order valence-corrected chi connectivity index (χ4v) is 3.75. The Hall–Kier alpha value is -0.540. The van der Waals surface area contributed by atoms with Crippen LogP contribution < -0.4 is 5.32 Å². The Labute approximate surface area is 114 Å². The van der Waals surface area contributed by atoms with Gasteiger partial charge in [0, 0.05) is 17.8 Å². The summed E-state index contributed by atoms with van der Waals surface area (Å²) in [6, 6.07) is 4.50. The van der Waals surface area contributed by atoms with Gasteiger partial charge in [-0.2, -0.15) is 11.8 Å². The lowest BCUT2D eigenvalue weighted by atomic mass is 10.0. The fourth-order valence-electron chi connectivity index (χ4n) is 2.58. The van der Waals surface area contributed by atoms with Crippen molar-refractivity contribution >= 4 is 11.8 Å². The first-order valence-corrected chi connectivity index (χ1v) is 7.73. The van der Waals surface area contributed by atoms with Crippen LogP contribution in [0.2, 0.25) is 0 Å². The molecule has 0 saturated carbocycles. The van der Waals surface area contributed by atoms with Crippen molar-refractivity contribution in [2.24, 2.45) is 0 Å². The molecule has 1 saturated heterocycles. The smallest absolute Gasteiger partial charge is 0.129 e. The summed E-state index contributed by atoms with van der Waals surface area (Å²) >= 11 is 2.05. The number of aryl methyl sites for hydroxylation is 2. The summed E-state index contributed by atoms with van der Waals surface area (Å²) in [4.78, 5) is 0. The predicted molar refractivity (Wildman–Crippen MR) is 77.7 cm³/mol. The standard InChI is InChI=1S/C15H22FNS/c1-10-7-13(8-11(2)15(10)16)9-17-14-5-4-6-18-12(14)3/h7-8,12,14,17H,4-6,9H2,1-3H3. The van der Waals surface area contributed by atoms with Crippen LogP contribution in [0.4, 0.5) is 4.39 Å². The summed E-state index contributed by atoms with van der Waals surface area (Å²) in [6.07, 6.45) is 2.56. The van der Waals surface area contributed by atoms with E-state index in [1.165, 1.54) is 24.2 Å². The van der Waals surface area contributed by atoms with Crippen molar-refractivity contribution in [3.05, 3.63) is 34.6 Å². The number of thioether (sulfide) groups is 1. The van der Waals surface area contributed by atoms with E-state index in [2.05, 4.69) is 12.2 Å². The van der Waals surface area contributed by atoms with Gasteiger partial charge in [0.25, 0.3) is 0 Å². The van der Waals surface area contributed by atoms with Crippen molar-refractivity contribution in [1.82, 2.24) is 5.32 Å². The van der Waals surface area contributed by atoms with Crippen molar-refractivity contribution in [2.45, 2.75) is 51.4 Å². The molecule has 1 heterocycles. The monoisotopic (exact) mass is 267 g/mol. The third-order valence-corrected chi connectivity index (χ3v) is 5.05. The first kappa shape index (κ1) is 13.9. The van der Waals surface area contributed by atoms with Crippen LogP contribution in [0.5, 0.6) is 0 Å². The Kier molecular flexibility index (Phi) is 4.68. The van der Waals surface area contributed by atoms with Crippen molar-refractivity contribution < 1.29 is 4.39 Å². The molecule has 1 N–H and O–H groups in total. The second-order valence-corrected chi connectivity index (χ2v) is 6.73. The molecule has 1 nitrogen and oxygen atoms in total. The van der Waals surface area contributed by atoms with Gasteiger partial charge in [-0.15, -0.1) is 0 Å². The predicted octanol–water partition coefficient (Wildman–Crippen LogP) is 3.82. The van der Waals surface area contributed by atoms with E-state index in [4.69, 9.17) is 0 Å². The maximum atomic E-state index is 13.5. The van der Waals surface area contributed by atoms with Crippen LogP contribution in [0.3, 0.4) is 0 Å². The molecule has 0 amide bonds. The number of hydrogen-bond acceptors (Lipinski definition) is 2. The average Bonchev–Trinajstić information content (AvgIpc) is 2.35. The third-order valence-electron chi connectivity index (χ3n) is 3.67. The zero-order valence-electron chi connectivity index (χ0n) is 11.4. The summed E-state index contributed by atoms with van der Waals surface area (Å²) in [5, 5.41) is 4.30. The zero-order valence-corrected chi connectivity index (χ0v) is 12.2. The molecule has 1 aromatic carbocycles. The number of rotatable bonds is 3. The minimum atomic E-state index is -0.0691. The number of halogens is 1. The quantitative estimate of drug-likeness (QED) is 0.893. The molecule has 2 atom stereocenters. The van der Waals surface area contributed by atoms with E-state index in [9.17, 15) is 4.39 Å².